The Kier molecular flexibility index (Phi) is 5.37. The standard InChI is InChI=1S/C15H23NO4S/c1-12-14(10-17)4-3-5-15(12)21(18,19)16(2)8-9-20-11-13-6-7-13/h3-5,13,17H,6-11H2,1-2H3. The molecule has 0 aliphatic heterocycles. The number of ether oxygens (including phenoxy) is 1. The fourth-order valence-electron chi connectivity index (χ4n) is 2.13. The summed E-state index contributed by atoms with van der Waals surface area (Å²) < 4.78 is 31.9. The van der Waals surface area contributed by atoms with Crippen molar-refractivity contribution in [3.63, 3.8) is 0 Å². The summed E-state index contributed by atoms with van der Waals surface area (Å²) in [5.41, 5.74) is 1.24. The summed E-state index contributed by atoms with van der Waals surface area (Å²) in [7, 11) is -1.99. The van der Waals surface area contributed by atoms with Crippen LogP contribution in [0.5, 0.6) is 0 Å². The second kappa shape index (κ2) is 6.87. The fraction of sp³-hybridized carbons (Fsp3) is 0.600. The van der Waals surface area contributed by atoms with Gasteiger partial charge in [0.05, 0.1) is 18.1 Å². The summed E-state index contributed by atoms with van der Waals surface area (Å²) in [6.45, 7) is 3.02. The van der Waals surface area contributed by atoms with Gasteiger partial charge in [-0.2, -0.15) is 4.31 Å². The molecule has 1 aliphatic carbocycles. The summed E-state index contributed by atoms with van der Waals surface area (Å²) in [5.74, 6) is 0.676. The Hall–Kier alpha value is -0.950. The van der Waals surface area contributed by atoms with Crippen molar-refractivity contribution in [2.24, 2.45) is 5.92 Å². The highest BCUT2D eigenvalue weighted by Crippen LogP contribution is 2.28. The third-order valence-corrected chi connectivity index (χ3v) is 5.86. The van der Waals surface area contributed by atoms with Gasteiger partial charge in [-0.05, 0) is 42.9 Å². The summed E-state index contributed by atoms with van der Waals surface area (Å²) in [4.78, 5) is 0.249. The van der Waals surface area contributed by atoms with Crippen LogP contribution in [0.4, 0.5) is 0 Å². The number of aliphatic hydroxyl groups is 1. The predicted molar refractivity (Wildman–Crippen MR) is 80.5 cm³/mol. The zero-order valence-corrected chi connectivity index (χ0v) is 13.4. The first-order valence-corrected chi connectivity index (χ1v) is 8.64. The number of sulfonamides is 1. The Balaban J connectivity index is 2.01. The maximum absolute atomic E-state index is 12.6. The molecule has 1 aromatic carbocycles. The fourth-order valence-corrected chi connectivity index (χ4v) is 3.55. The topological polar surface area (TPSA) is 66.8 Å². The van der Waals surface area contributed by atoms with E-state index >= 15 is 0 Å². The quantitative estimate of drug-likeness (QED) is 0.739. The van der Waals surface area contributed by atoms with E-state index in [0.717, 1.165) is 6.61 Å². The van der Waals surface area contributed by atoms with E-state index in [9.17, 15) is 13.5 Å². The predicted octanol–water partition coefficient (Wildman–Crippen LogP) is 1.53. The van der Waals surface area contributed by atoms with E-state index in [-0.39, 0.29) is 11.5 Å². The molecule has 0 heterocycles. The Morgan fingerprint density at radius 3 is 2.71 bits per heavy atom. The monoisotopic (exact) mass is 313 g/mol. The van der Waals surface area contributed by atoms with Crippen LogP contribution in [-0.2, 0) is 21.4 Å². The van der Waals surface area contributed by atoms with Gasteiger partial charge in [-0.25, -0.2) is 8.42 Å². The van der Waals surface area contributed by atoms with E-state index in [4.69, 9.17) is 4.74 Å². The highest BCUT2D eigenvalue weighted by atomic mass is 32.2. The number of nitrogens with zero attached hydrogens (tertiary/aromatic N) is 1. The van der Waals surface area contributed by atoms with E-state index in [2.05, 4.69) is 0 Å². The van der Waals surface area contributed by atoms with Crippen LogP contribution >= 0.6 is 0 Å². The van der Waals surface area contributed by atoms with Gasteiger partial charge in [-0.1, -0.05) is 12.1 Å². The van der Waals surface area contributed by atoms with Crippen LogP contribution in [0.3, 0.4) is 0 Å². The van der Waals surface area contributed by atoms with Crippen LogP contribution in [0.15, 0.2) is 23.1 Å². The molecule has 0 atom stereocenters. The van der Waals surface area contributed by atoms with Crippen molar-refractivity contribution in [1.29, 1.82) is 0 Å². The van der Waals surface area contributed by atoms with E-state index in [1.165, 1.54) is 17.1 Å². The highest BCUT2D eigenvalue weighted by Gasteiger charge is 2.24. The Morgan fingerprint density at radius 2 is 2.10 bits per heavy atom. The lowest BCUT2D eigenvalue weighted by atomic mass is 10.1. The lowest BCUT2D eigenvalue weighted by Gasteiger charge is -2.19. The van der Waals surface area contributed by atoms with E-state index in [0.29, 0.717) is 30.2 Å². The number of benzene rings is 1. The number of hydrogen-bond acceptors (Lipinski definition) is 4. The van der Waals surface area contributed by atoms with Crippen molar-refractivity contribution in [2.45, 2.75) is 31.3 Å². The maximum Gasteiger partial charge on any atom is 0.243 e. The first kappa shape index (κ1) is 16.4. The molecule has 0 amide bonds. The molecular formula is C15H23NO4S. The van der Waals surface area contributed by atoms with Crippen molar-refractivity contribution in [1.82, 2.24) is 4.31 Å². The first-order valence-electron chi connectivity index (χ1n) is 7.20. The van der Waals surface area contributed by atoms with Crippen molar-refractivity contribution >= 4 is 10.0 Å². The van der Waals surface area contributed by atoms with Gasteiger partial charge in [0.25, 0.3) is 0 Å². The van der Waals surface area contributed by atoms with Crippen LogP contribution in [0.25, 0.3) is 0 Å². The largest absolute Gasteiger partial charge is 0.392 e. The molecule has 0 bridgehead atoms. The number of rotatable bonds is 8. The molecule has 1 aromatic rings. The third kappa shape index (κ3) is 4.03. The molecular weight excluding hydrogens is 290 g/mol. The molecule has 118 valence electrons. The van der Waals surface area contributed by atoms with Crippen molar-refractivity contribution < 1.29 is 18.3 Å². The van der Waals surface area contributed by atoms with Gasteiger partial charge in [-0.15, -0.1) is 0 Å². The molecule has 1 N–H and O–H groups in total. The molecule has 0 radical (unpaired) electrons. The van der Waals surface area contributed by atoms with E-state index in [1.807, 2.05) is 0 Å². The van der Waals surface area contributed by atoms with E-state index in [1.54, 1.807) is 32.2 Å². The Bertz CT molecular complexity index is 581. The molecule has 1 saturated carbocycles. The second-order valence-corrected chi connectivity index (χ2v) is 7.56. The molecule has 0 aromatic heterocycles. The van der Waals surface area contributed by atoms with Gasteiger partial charge in [-0.3, -0.25) is 0 Å². The van der Waals surface area contributed by atoms with Crippen molar-refractivity contribution in [3.8, 4) is 0 Å². The van der Waals surface area contributed by atoms with Crippen LogP contribution < -0.4 is 0 Å². The number of aliphatic hydroxyl groups excluding tert-OH is 1. The van der Waals surface area contributed by atoms with Crippen molar-refractivity contribution in [2.75, 3.05) is 26.8 Å². The minimum absolute atomic E-state index is 0.163. The molecule has 1 aliphatic rings. The van der Waals surface area contributed by atoms with E-state index < -0.39 is 10.0 Å². The third-order valence-electron chi connectivity index (χ3n) is 3.86. The van der Waals surface area contributed by atoms with Crippen LogP contribution in [0.1, 0.15) is 24.0 Å². The average molecular weight is 313 g/mol. The zero-order chi connectivity index (χ0) is 15.5. The lowest BCUT2D eigenvalue weighted by Crippen LogP contribution is -2.31. The molecule has 6 heteroatoms. The zero-order valence-electron chi connectivity index (χ0n) is 12.6. The minimum Gasteiger partial charge on any atom is -0.392 e. The summed E-state index contributed by atoms with van der Waals surface area (Å²) in [6, 6.07) is 4.96. The molecule has 1 fully saturated rings. The van der Waals surface area contributed by atoms with Gasteiger partial charge >= 0.3 is 0 Å². The van der Waals surface area contributed by atoms with Gasteiger partial charge in [0, 0.05) is 20.2 Å². The van der Waals surface area contributed by atoms with Gasteiger partial charge in [0.15, 0.2) is 0 Å². The number of likely N-dealkylation sites (N-methyl/N-ethyl adjacent to an activating group) is 1. The Morgan fingerprint density at radius 1 is 1.38 bits per heavy atom. The van der Waals surface area contributed by atoms with Crippen LogP contribution in [0, 0.1) is 12.8 Å². The average Bonchev–Trinajstić information content (AvgIpc) is 3.27. The normalized spacial score (nSPS) is 15.6. The highest BCUT2D eigenvalue weighted by molar-refractivity contribution is 7.89. The smallest absolute Gasteiger partial charge is 0.243 e. The molecule has 0 spiro atoms. The van der Waals surface area contributed by atoms with Crippen LogP contribution in [0.2, 0.25) is 0 Å². The second-order valence-electron chi connectivity index (χ2n) is 5.54. The summed E-state index contributed by atoms with van der Waals surface area (Å²) in [6.07, 6.45) is 2.45. The number of hydrogen-bond donors (Lipinski definition) is 1. The minimum atomic E-state index is -3.55. The molecule has 2 rings (SSSR count). The summed E-state index contributed by atoms with van der Waals surface area (Å²) >= 11 is 0. The van der Waals surface area contributed by atoms with Crippen molar-refractivity contribution in [3.05, 3.63) is 29.3 Å². The first-order chi connectivity index (χ1) is 9.96. The summed E-state index contributed by atoms with van der Waals surface area (Å²) in [5, 5.41) is 9.25. The van der Waals surface area contributed by atoms with Gasteiger partial charge < -0.3 is 9.84 Å². The van der Waals surface area contributed by atoms with Gasteiger partial charge in [0.1, 0.15) is 0 Å². The Labute approximate surface area is 126 Å². The molecule has 5 nitrogen and oxygen atoms in total. The maximum atomic E-state index is 12.6. The van der Waals surface area contributed by atoms with Crippen LogP contribution in [-0.4, -0.2) is 44.6 Å². The van der Waals surface area contributed by atoms with Gasteiger partial charge in [0.2, 0.25) is 10.0 Å². The SMILES string of the molecule is Cc1c(CO)cccc1S(=O)(=O)N(C)CCOCC1CC1. The lowest BCUT2D eigenvalue weighted by molar-refractivity contribution is 0.117. The molecule has 21 heavy (non-hydrogen) atoms. The molecule has 0 saturated heterocycles. The molecule has 0 unspecified atom stereocenters.